The Labute approximate surface area is 124 Å². The Morgan fingerprint density at radius 3 is 2.80 bits per heavy atom. The fourth-order valence-electron chi connectivity index (χ4n) is 1.98. The molecular weight excluding hydrogens is 294 g/mol. The molecule has 1 fully saturated rings. The van der Waals surface area contributed by atoms with E-state index in [1.807, 2.05) is 17.1 Å². The van der Waals surface area contributed by atoms with Crippen LogP contribution in [0.25, 0.3) is 11.3 Å². The third-order valence-corrected chi connectivity index (χ3v) is 4.97. The number of carbonyl (C=O) groups is 1. The van der Waals surface area contributed by atoms with Gasteiger partial charge in [-0.15, -0.1) is 11.3 Å². The number of carboxylic acids is 1. The molecule has 0 aliphatic carbocycles. The maximum atomic E-state index is 10.8. The minimum absolute atomic E-state index is 0.0887. The Kier molecular flexibility index (Phi) is 4.05. The summed E-state index contributed by atoms with van der Waals surface area (Å²) in [5.41, 5.74) is 2.10. The zero-order valence-corrected chi connectivity index (χ0v) is 12.2. The van der Waals surface area contributed by atoms with E-state index < -0.39 is 5.97 Å². The molecule has 1 aliphatic heterocycles. The van der Waals surface area contributed by atoms with Gasteiger partial charge in [-0.25, -0.2) is 9.78 Å². The van der Waals surface area contributed by atoms with Crippen molar-refractivity contribution in [2.75, 3.05) is 18.1 Å². The van der Waals surface area contributed by atoms with Crippen molar-refractivity contribution in [2.45, 2.75) is 6.10 Å². The molecule has 2 aromatic rings. The minimum Gasteiger partial charge on any atom is -0.478 e. The lowest BCUT2D eigenvalue weighted by molar-refractivity contribution is 0.0696. The van der Waals surface area contributed by atoms with Crippen LogP contribution in [0, 0.1) is 0 Å². The van der Waals surface area contributed by atoms with Crippen molar-refractivity contribution in [1.82, 2.24) is 4.98 Å². The first kappa shape index (κ1) is 13.6. The minimum atomic E-state index is -0.914. The van der Waals surface area contributed by atoms with Gasteiger partial charge in [0, 0.05) is 22.4 Å². The monoisotopic (exact) mass is 307 g/mol. The van der Waals surface area contributed by atoms with Gasteiger partial charge in [-0.2, -0.15) is 11.8 Å². The SMILES string of the molecule is O=C(O)c1ccc(-c2csc(C3CSCCO3)n2)cc1. The highest BCUT2D eigenvalue weighted by Crippen LogP contribution is 2.31. The van der Waals surface area contributed by atoms with Crippen LogP contribution in [0.5, 0.6) is 0 Å². The van der Waals surface area contributed by atoms with Gasteiger partial charge in [-0.05, 0) is 12.1 Å². The summed E-state index contributed by atoms with van der Waals surface area (Å²) >= 11 is 3.48. The summed E-state index contributed by atoms with van der Waals surface area (Å²) in [6, 6.07) is 6.78. The molecule has 1 unspecified atom stereocenters. The van der Waals surface area contributed by atoms with E-state index in [0.717, 1.165) is 34.4 Å². The molecule has 20 heavy (non-hydrogen) atoms. The van der Waals surface area contributed by atoms with E-state index in [0.29, 0.717) is 0 Å². The van der Waals surface area contributed by atoms with Crippen LogP contribution in [0.1, 0.15) is 21.5 Å². The van der Waals surface area contributed by atoms with Gasteiger partial charge in [0.05, 0.1) is 17.9 Å². The Bertz CT molecular complexity index is 603. The molecule has 104 valence electrons. The number of rotatable bonds is 3. The van der Waals surface area contributed by atoms with Crippen LogP contribution in [0.2, 0.25) is 0 Å². The average Bonchev–Trinajstić information content (AvgIpc) is 2.98. The van der Waals surface area contributed by atoms with Gasteiger partial charge in [0.25, 0.3) is 0 Å². The van der Waals surface area contributed by atoms with Crippen molar-refractivity contribution >= 4 is 29.1 Å². The van der Waals surface area contributed by atoms with Gasteiger partial charge in [-0.1, -0.05) is 12.1 Å². The fraction of sp³-hybridized carbons (Fsp3) is 0.286. The maximum Gasteiger partial charge on any atom is 0.335 e. The summed E-state index contributed by atoms with van der Waals surface area (Å²) in [7, 11) is 0. The second-order valence-electron chi connectivity index (χ2n) is 4.39. The van der Waals surface area contributed by atoms with Crippen LogP contribution in [-0.4, -0.2) is 34.2 Å². The molecule has 0 radical (unpaired) electrons. The van der Waals surface area contributed by atoms with Crippen molar-refractivity contribution in [3.05, 3.63) is 40.2 Å². The largest absolute Gasteiger partial charge is 0.478 e. The van der Waals surface area contributed by atoms with E-state index in [4.69, 9.17) is 9.84 Å². The number of ether oxygens (including phenoxy) is 1. The lowest BCUT2D eigenvalue weighted by atomic mass is 10.1. The van der Waals surface area contributed by atoms with Crippen LogP contribution in [0.4, 0.5) is 0 Å². The van der Waals surface area contributed by atoms with Crippen LogP contribution >= 0.6 is 23.1 Å². The lowest BCUT2D eigenvalue weighted by Crippen LogP contribution is -2.15. The second-order valence-corrected chi connectivity index (χ2v) is 6.43. The quantitative estimate of drug-likeness (QED) is 0.942. The highest BCUT2D eigenvalue weighted by molar-refractivity contribution is 7.99. The van der Waals surface area contributed by atoms with E-state index >= 15 is 0 Å². The molecule has 0 bridgehead atoms. The number of aromatic carboxylic acids is 1. The van der Waals surface area contributed by atoms with Gasteiger partial charge in [0.15, 0.2) is 0 Å². The first-order valence-corrected chi connectivity index (χ1v) is 8.26. The molecule has 0 saturated carbocycles. The summed E-state index contributed by atoms with van der Waals surface area (Å²) in [4.78, 5) is 15.4. The van der Waals surface area contributed by atoms with E-state index in [-0.39, 0.29) is 11.7 Å². The van der Waals surface area contributed by atoms with Gasteiger partial charge >= 0.3 is 5.97 Å². The zero-order chi connectivity index (χ0) is 13.9. The molecule has 2 heterocycles. The predicted octanol–water partition coefficient (Wildman–Crippen LogP) is 3.31. The van der Waals surface area contributed by atoms with Gasteiger partial charge < -0.3 is 9.84 Å². The summed E-state index contributed by atoms with van der Waals surface area (Å²) in [6.45, 7) is 0.775. The normalized spacial score (nSPS) is 18.9. The van der Waals surface area contributed by atoms with E-state index in [1.54, 1.807) is 35.6 Å². The van der Waals surface area contributed by atoms with Crippen molar-refractivity contribution < 1.29 is 14.6 Å². The first-order chi connectivity index (χ1) is 9.74. The van der Waals surface area contributed by atoms with E-state index in [2.05, 4.69) is 4.98 Å². The standard InChI is InChI=1S/C14H13NO3S2/c16-14(17)10-3-1-9(2-4-10)11-7-20-13(15-11)12-8-19-6-5-18-12/h1-4,7,12H,5-6,8H2,(H,16,17). The van der Waals surface area contributed by atoms with Gasteiger partial charge in [0.2, 0.25) is 0 Å². The Balaban J connectivity index is 1.80. The molecule has 0 spiro atoms. The summed E-state index contributed by atoms with van der Waals surface area (Å²) in [6.07, 6.45) is 0.0887. The van der Waals surface area contributed by atoms with E-state index in [1.165, 1.54) is 0 Å². The zero-order valence-electron chi connectivity index (χ0n) is 10.6. The van der Waals surface area contributed by atoms with Crippen LogP contribution in [-0.2, 0) is 4.74 Å². The molecule has 1 aliphatic rings. The molecule has 1 aromatic carbocycles. The highest BCUT2D eigenvalue weighted by atomic mass is 32.2. The molecule has 6 heteroatoms. The molecule has 1 saturated heterocycles. The van der Waals surface area contributed by atoms with Gasteiger partial charge in [-0.3, -0.25) is 0 Å². The first-order valence-electron chi connectivity index (χ1n) is 6.22. The molecule has 3 rings (SSSR count). The number of nitrogens with zero attached hydrogens (tertiary/aromatic N) is 1. The second kappa shape index (κ2) is 5.95. The number of benzene rings is 1. The number of thioether (sulfide) groups is 1. The number of hydrogen-bond donors (Lipinski definition) is 1. The van der Waals surface area contributed by atoms with Gasteiger partial charge in [0.1, 0.15) is 11.1 Å². The summed E-state index contributed by atoms with van der Waals surface area (Å²) < 4.78 is 5.71. The maximum absolute atomic E-state index is 10.8. The molecular formula is C14H13NO3S2. The predicted molar refractivity (Wildman–Crippen MR) is 80.5 cm³/mol. The smallest absolute Gasteiger partial charge is 0.335 e. The molecule has 1 atom stereocenters. The third-order valence-electron chi connectivity index (χ3n) is 3.04. The molecule has 0 amide bonds. The van der Waals surface area contributed by atoms with Crippen LogP contribution < -0.4 is 0 Å². The van der Waals surface area contributed by atoms with Crippen molar-refractivity contribution in [2.24, 2.45) is 0 Å². The van der Waals surface area contributed by atoms with Crippen LogP contribution in [0.15, 0.2) is 29.6 Å². The number of carboxylic acid groups (broad SMARTS) is 1. The Morgan fingerprint density at radius 1 is 1.35 bits per heavy atom. The third kappa shape index (κ3) is 2.87. The summed E-state index contributed by atoms with van der Waals surface area (Å²) in [5.74, 6) is 1.08. The van der Waals surface area contributed by atoms with Crippen molar-refractivity contribution in [3.8, 4) is 11.3 Å². The number of aromatic nitrogens is 1. The number of hydrogen-bond acceptors (Lipinski definition) is 5. The summed E-state index contributed by atoms with van der Waals surface area (Å²) in [5, 5.41) is 11.9. The lowest BCUT2D eigenvalue weighted by Gasteiger charge is -2.19. The molecule has 1 N–H and O–H groups in total. The Morgan fingerprint density at radius 2 is 2.15 bits per heavy atom. The molecule has 4 nitrogen and oxygen atoms in total. The highest BCUT2D eigenvalue weighted by Gasteiger charge is 2.20. The topological polar surface area (TPSA) is 59.4 Å². The number of thiazole rings is 1. The van der Waals surface area contributed by atoms with E-state index in [9.17, 15) is 4.79 Å². The average molecular weight is 307 g/mol. The van der Waals surface area contributed by atoms with Crippen molar-refractivity contribution in [1.29, 1.82) is 0 Å². The van der Waals surface area contributed by atoms with Crippen molar-refractivity contribution in [3.63, 3.8) is 0 Å². The Hall–Kier alpha value is -1.37. The fourth-order valence-corrected chi connectivity index (χ4v) is 3.81. The molecule has 1 aromatic heterocycles. The van der Waals surface area contributed by atoms with Crippen LogP contribution in [0.3, 0.4) is 0 Å².